The van der Waals surface area contributed by atoms with Crippen LogP contribution in [0, 0.1) is 24.4 Å². The van der Waals surface area contributed by atoms with Crippen LogP contribution in [0.4, 0.5) is 13.2 Å². The molecule has 0 saturated heterocycles. The molecule has 0 heterocycles. The zero-order chi connectivity index (χ0) is 14.2. The number of carboxylic acid groups (broad SMARTS) is 1. The lowest BCUT2D eigenvalue weighted by Crippen LogP contribution is -1.99. The largest absolute Gasteiger partial charge is 0.478 e. The van der Waals surface area contributed by atoms with E-state index in [2.05, 4.69) is 0 Å². The third-order valence-electron chi connectivity index (χ3n) is 2.75. The summed E-state index contributed by atoms with van der Waals surface area (Å²) in [5.41, 5.74) is -0.394. The first-order valence-corrected chi connectivity index (χ1v) is 5.39. The Balaban J connectivity index is 2.67. The fraction of sp³-hybridized carbons (Fsp3) is 0.0714. The molecule has 2 rings (SSSR count). The molecule has 0 fully saturated rings. The summed E-state index contributed by atoms with van der Waals surface area (Å²) in [4.78, 5) is 10.8. The summed E-state index contributed by atoms with van der Waals surface area (Å²) >= 11 is 0. The predicted octanol–water partition coefficient (Wildman–Crippen LogP) is 3.78. The molecule has 19 heavy (non-hydrogen) atoms. The van der Waals surface area contributed by atoms with Crippen molar-refractivity contribution in [3.05, 3.63) is 58.9 Å². The molecule has 5 heteroatoms. The smallest absolute Gasteiger partial charge is 0.335 e. The molecule has 0 spiro atoms. The van der Waals surface area contributed by atoms with Crippen LogP contribution < -0.4 is 0 Å². The van der Waals surface area contributed by atoms with E-state index in [-0.39, 0.29) is 22.3 Å². The monoisotopic (exact) mass is 266 g/mol. The van der Waals surface area contributed by atoms with Gasteiger partial charge < -0.3 is 5.11 Å². The van der Waals surface area contributed by atoms with Crippen LogP contribution in [0.25, 0.3) is 11.1 Å². The summed E-state index contributed by atoms with van der Waals surface area (Å²) in [6.07, 6.45) is 0. The molecule has 0 saturated carbocycles. The summed E-state index contributed by atoms with van der Waals surface area (Å²) in [5.74, 6) is -3.70. The fourth-order valence-corrected chi connectivity index (χ4v) is 1.73. The molecule has 2 aromatic rings. The lowest BCUT2D eigenvalue weighted by atomic mass is 10.00. The van der Waals surface area contributed by atoms with E-state index >= 15 is 0 Å². The SMILES string of the molecule is Cc1cc(-c2cc(C(=O)O)ccc2F)c(F)cc1F. The summed E-state index contributed by atoms with van der Waals surface area (Å²) in [6, 6.07) is 4.84. The van der Waals surface area contributed by atoms with Crippen molar-refractivity contribution in [3.8, 4) is 11.1 Å². The molecule has 0 aliphatic carbocycles. The molecule has 1 N–H and O–H groups in total. The highest BCUT2D eigenvalue weighted by Gasteiger charge is 2.15. The van der Waals surface area contributed by atoms with E-state index in [1.807, 2.05) is 0 Å². The van der Waals surface area contributed by atoms with Gasteiger partial charge in [-0.05, 0) is 36.8 Å². The summed E-state index contributed by atoms with van der Waals surface area (Å²) in [6.45, 7) is 1.41. The molecule has 2 aromatic carbocycles. The summed E-state index contributed by atoms with van der Waals surface area (Å²) < 4.78 is 40.5. The Hall–Kier alpha value is -2.30. The average molecular weight is 266 g/mol. The van der Waals surface area contributed by atoms with Gasteiger partial charge in [-0.2, -0.15) is 0 Å². The van der Waals surface area contributed by atoms with Crippen LogP contribution in [0.2, 0.25) is 0 Å². The van der Waals surface area contributed by atoms with Gasteiger partial charge in [0.2, 0.25) is 0 Å². The van der Waals surface area contributed by atoms with Gasteiger partial charge in [0.15, 0.2) is 0 Å². The van der Waals surface area contributed by atoms with Crippen LogP contribution >= 0.6 is 0 Å². The molecule has 0 amide bonds. The van der Waals surface area contributed by atoms with E-state index in [0.29, 0.717) is 6.07 Å². The van der Waals surface area contributed by atoms with E-state index < -0.39 is 23.4 Å². The number of hydrogen-bond acceptors (Lipinski definition) is 1. The zero-order valence-electron chi connectivity index (χ0n) is 9.88. The second-order valence-corrected chi connectivity index (χ2v) is 4.08. The maximum Gasteiger partial charge on any atom is 0.335 e. The predicted molar refractivity (Wildman–Crippen MR) is 63.4 cm³/mol. The Labute approximate surface area is 107 Å². The topological polar surface area (TPSA) is 37.3 Å². The van der Waals surface area contributed by atoms with Gasteiger partial charge in [0.25, 0.3) is 0 Å². The third-order valence-corrected chi connectivity index (χ3v) is 2.75. The molecule has 0 radical (unpaired) electrons. The van der Waals surface area contributed by atoms with Crippen molar-refractivity contribution in [1.82, 2.24) is 0 Å². The van der Waals surface area contributed by atoms with Crippen molar-refractivity contribution in [3.63, 3.8) is 0 Å². The normalized spacial score (nSPS) is 10.5. The Morgan fingerprint density at radius 2 is 1.58 bits per heavy atom. The molecule has 0 aliphatic rings. The van der Waals surface area contributed by atoms with Crippen LogP contribution in [0.5, 0.6) is 0 Å². The van der Waals surface area contributed by atoms with E-state index in [4.69, 9.17) is 5.11 Å². The standard InChI is InChI=1S/C14H9F3O2/c1-7-4-9(13(17)6-12(7)16)10-5-8(14(18)19)2-3-11(10)15/h2-6H,1H3,(H,18,19). The number of hydrogen-bond donors (Lipinski definition) is 1. The van der Waals surface area contributed by atoms with Gasteiger partial charge in [-0.15, -0.1) is 0 Å². The number of aromatic carboxylic acids is 1. The van der Waals surface area contributed by atoms with E-state index in [9.17, 15) is 18.0 Å². The minimum Gasteiger partial charge on any atom is -0.478 e. The highest BCUT2D eigenvalue weighted by molar-refractivity contribution is 5.89. The highest BCUT2D eigenvalue weighted by Crippen LogP contribution is 2.28. The van der Waals surface area contributed by atoms with Gasteiger partial charge in [0, 0.05) is 17.2 Å². The number of aryl methyl sites for hydroxylation is 1. The van der Waals surface area contributed by atoms with Crippen LogP contribution in [-0.2, 0) is 0 Å². The second-order valence-electron chi connectivity index (χ2n) is 4.08. The van der Waals surface area contributed by atoms with Crippen LogP contribution in [0.1, 0.15) is 15.9 Å². The molecule has 98 valence electrons. The number of carboxylic acids is 1. The molecule has 2 nitrogen and oxygen atoms in total. The number of carbonyl (C=O) groups is 1. The Morgan fingerprint density at radius 3 is 2.21 bits per heavy atom. The van der Waals surface area contributed by atoms with Crippen molar-refractivity contribution in [2.45, 2.75) is 6.92 Å². The first-order valence-electron chi connectivity index (χ1n) is 5.39. The lowest BCUT2D eigenvalue weighted by Gasteiger charge is -2.08. The minimum atomic E-state index is -1.25. The maximum absolute atomic E-state index is 13.7. The van der Waals surface area contributed by atoms with E-state index in [1.54, 1.807) is 0 Å². The van der Waals surface area contributed by atoms with Crippen molar-refractivity contribution in [1.29, 1.82) is 0 Å². The third kappa shape index (κ3) is 2.45. The average Bonchev–Trinajstić information content (AvgIpc) is 2.34. The van der Waals surface area contributed by atoms with Crippen molar-refractivity contribution in [2.75, 3.05) is 0 Å². The first-order chi connectivity index (χ1) is 8.90. The van der Waals surface area contributed by atoms with Gasteiger partial charge in [-0.3, -0.25) is 0 Å². The molecular weight excluding hydrogens is 257 g/mol. The van der Waals surface area contributed by atoms with E-state index in [1.165, 1.54) is 6.92 Å². The van der Waals surface area contributed by atoms with Gasteiger partial charge in [-0.25, -0.2) is 18.0 Å². The highest BCUT2D eigenvalue weighted by atomic mass is 19.1. The van der Waals surface area contributed by atoms with Gasteiger partial charge in [0.1, 0.15) is 17.5 Å². The van der Waals surface area contributed by atoms with Crippen LogP contribution in [0.15, 0.2) is 30.3 Å². The Bertz CT molecular complexity index is 666. The lowest BCUT2D eigenvalue weighted by molar-refractivity contribution is 0.0697. The number of halogens is 3. The molecule has 0 atom stereocenters. The molecule has 0 aromatic heterocycles. The molecule has 0 bridgehead atoms. The minimum absolute atomic E-state index is 0.150. The maximum atomic E-state index is 13.7. The zero-order valence-corrected chi connectivity index (χ0v) is 9.88. The van der Waals surface area contributed by atoms with Crippen LogP contribution in [-0.4, -0.2) is 11.1 Å². The van der Waals surface area contributed by atoms with Crippen molar-refractivity contribution >= 4 is 5.97 Å². The van der Waals surface area contributed by atoms with E-state index in [0.717, 1.165) is 24.3 Å². The quantitative estimate of drug-likeness (QED) is 0.898. The van der Waals surface area contributed by atoms with Gasteiger partial charge in [-0.1, -0.05) is 0 Å². The van der Waals surface area contributed by atoms with Crippen LogP contribution in [0.3, 0.4) is 0 Å². The molecule has 0 unspecified atom stereocenters. The summed E-state index contributed by atoms with van der Waals surface area (Å²) in [7, 11) is 0. The Morgan fingerprint density at radius 1 is 0.947 bits per heavy atom. The van der Waals surface area contributed by atoms with Gasteiger partial charge in [0.05, 0.1) is 5.56 Å². The van der Waals surface area contributed by atoms with Crippen molar-refractivity contribution < 1.29 is 23.1 Å². The fourth-order valence-electron chi connectivity index (χ4n) is 1.73. The molecule has 0 aliphatic heterocycles. The molecular formula is C14H9F3O2. The second kappa shape index (κ2) is 4.76. The number of benzene rings is 2. The summed E-state index contributed by atoms with van der Waals surface area (Å²) in [5, 5.41) is 8.84. The number of rotatable bonds is 2. The Kier molecular flexibility index (Phi) is 3.29. The first kappa shape index (κ1) is 13.1. The van der Waals surface area contributed by atoms with Gasteiger partial charge >= 0.3 is 5.97 Å². The van der Waals surface area contributed by atoms with Crippen molar-refractivity contribution in [2.24, 2.45) is 0 Å².